The quantitative estimate of drug-likeness (QED) is 0.864. The predicted molar refractivity (Wildman–Crippen MR) is 88.4 cm³/mol. The number of hydrogen-bond donors (Lipinski definition) is 2. The van der Waals surface area contributed by atoms with Gasteiger partial charge < -0.3 is 11.1 Å². The van der Waals surface area contributed by atoms with Gasteiger partial charge in [0.1, 0.15) is 0 Å². The second-order valence-corrected chi connectivity index (χ2v) is 6.01. The zero-order valence-electron chi connectivity index (χ0n) is 11.6. The van der Waals surface area contributed by atoms with Crippen LogP contribution >= 0.6 is 28.3 Å². The van der Waals surface area contributed by atoms with Gasteiger partial charge in [0.2, 0.25) is 5.91 Å². The minimum atomic E-state index is 0. The molecule has 20 heavy (non-hydrogen) atoms. The van der Waals surface area contributed by atoms with E-state index in [4.69, 9.17) is 5.73 Å². The van der Waals surface area contributed by atoms with Crippen LogP contribution in [0.1, 0.15) is 12.0 Å². The van der Waals surface area contributed by atoms with E-state index in [1.54, 1.807) is 0 Å². The Morgan fingerprint density at radius 3 is 2.90 bits per heavy atom. The topological polar surface area (TPSA) is 58.4 Å². The number of carbonyl (C=O) groups excluding carboxylic acids is 1. The van der Waals surface area contributed by atoms with E-state index in [1.165, 1.54) is 0 Å². The standard InChI is InChI=1S/C14H20BrN3O.ClH/c1-10-2-3-13(12(15)6-10)17-14(19)9-18-5-4-11(7-16)8-18;/h2-3,6,11H,4-5,7-9,16H2,1H3,(H,17,19);1H. The number of nitrogens with zero attached hydrogens (tertiary/aromatic N) is 1. The van der Waals surface area contributed by atoms with E-state index < -0.39 is 0 Å². The monoisotopic (exact) mass is 361 g/mol. The normalized spacial score (nSPS) is 18.6. The van der Waals surface area contributed by atoms with Crippen LogP contribution in [0.15, 0.2) is 22.7 Å². The summed E-state index contributed by atoms with van der Waals surface area (Å²) in [7, 11) is 0. The van der Waals surface area contributed by atoms with Crippen molar-refractivity contribution in [1.82, 2.24) is 4.90 Å². The van der Waals surface area contributed by atoms with E-state index in [-0.39, 0.29) is 18.3 Å². The molecule has 0 aromatic heterocycles. The van der Waals surface area contributed by atoms with E-state index in [2.05, 4.69) is 26.1 Å². The number of halogens is 2. The minimum absolute atomic E-state index is 0. The number of aryl methyl sites for hydroxylation is 1. The lowest BCUT2D eigenvalue weighted by atomic mass is 10.1. The van der Waals surface area contributed by atoms with Gasteiger partial charge in [0.15, 0.2) is 0 Å². The maximum atomic E-state index is 12.0. The fourth-order valence-corrected chi connectivity index (χ4v) is 2.96. The second kappa shape index (κ2) is 7.98. The number of rotatable bonds is 4. The molecule has 4 nitrogen and oxygen atoms in total. The summed E-state index contributed by atoms with van der Waals surface area (Å²) in [5.74, 6) is 0.570. The van der Waals surface area contributed by atoms with Crippen LogP contribution in [-0.2, 0) is 4.79 Å². The zero-order valence-corrected chi connectivity index (χ0v) is 14.0. The van der Waals surface area contributed by atoms with Crippen LogP contribution < -0.4 is 11.1 Å². The largest absolute Gasteiger partial charge is 0.330 e. The number of likely N-dealkylation sites (tertiary alicyclic amines) is 1. The summed E-state index contributed by atoms with van der Waals surface area (Å²) in [6, 6.07) is 5.90. The average Bonchev–Trinajstić information content (AvgIpc) is 2.80. The van der Waals surface area contributed by atoms with Gasteiger partial charge in [0.25, 0.3) is 0 Å². The van der Waals surface area contributed by atoms with Crippen LogP contribution in [0.4, 0.5) is 5.69 Å². The molecule has 1 saturated heterocycles. The first kappa shape index (κ1) is 17.4. The minimum Gasteiger partial charge on any atom is -0.330 e. The summed E-state index contributed by atoms with van der Waals surface area (Å²) in [6.07, 6.45) is 1.10. The Bertz CT molecular complexity index is 470. The zero-order chi connectivity index (χ0) is 13.8. The summed E-state index contributed by atoms with van der Waals surface area (Å²) in [5, 5.41) is 2.94. The third kappa shape index (κ3) is 4.74. The highest BCUT2D eigenvalue weighted by molar-refractivity contribution is 9.10. The van der Waals surface area contributed by atoms with Gasteiger partial charge in [-0.15, -0.1) is 12.4 Å². The fraction of sp³-hybridized carbons (Fsp3) is 0.500. The van der Waals surface area contributed by atoms with Crippen LogP contribution in [0.3, 0.4) is 0 Å². The van der Waals surface area contributed by atoms with Crippen molar-refractivity contribution in [3.8, 4) is 0 Å². The Kier molecular flexibility index (Phi) is 6.95. The highest BCUT2D eigenvalue weighted by Gasteiger charge is 2.22. The van der Waals surface area contributed by atoms with Crippen LogP contribution in [0.2, 0.25) is 0 Å². The Morgan fingerprint density at radius 2 is 2.30 bits per heavy atom. The first-order valence-corrected chi connectivity index (χ1v) is 7.36. The molecule has 1 aliphatic rings. The number of nitrogens with one attached hydrogen (secondary N) is 1. The van der Waals surface area contributed by atoms with Crippen molar-refractivity contribution in [2.75, 3.05) is 31.5 Å². The lowest BCUT2D eigenvalue weighted by Gasteiger charge is -2.15. The molecule has 1 unspecified atom stereocenters. The van der Waals surface area contributed by atoms with E-state index in [0.29, 0.717) is 19.0 Å². The molecule has 1 fully saturated rings. The van der Waals surface area contributed by atoms with Crippen molar-refractivity contribution in [2.24, 2.45) is 11.7 Å². The number of hydrogen-bond acceptors (Lipinski definition) is 3. The smallest absolute Gasteiger partial charge is 0.238 e. The molecule has 1 atom stereocenters. The molecule has 6 heteroatoms. The van der Waals surface area contributed by atoms with Gasteiger partial charge in [0.05, 0.1) is 12.2 Å². The van der Waals surface area contributed by atoms with E-state index in [1.807, 2.05) is 25.1 Å². The summed E-state index contributed by atoms with van der Waals surface area (Å²) in [4.78, 5) is 14.2. The maximum Gasteiger partial charge on any atom is 0.238 e. The highest BCUT2D eigenvalue weighted by Crippen LogP contribution is 2.23. The molecule has 0 radical (unpaired) electrons. The van der Waals surface area contributed by atoms with Crippen molar-refractivity contribution in [2.45, 2.75) is 13.3 Å². The van der Waals surface area contributed by atoms with Crippen LogP contribution in [0, 0.1) is 12.8 Å². The Hall–Kier alpha value is -0.620. The van der Waals surface area contributed by atoms with Crippen molar-refractivity contribution in [3.05, 3.63) is 28.2 Å². The third-order valence-corrected chi connectivity index (χ3v) is 4.13. The Morgan fingerprint density at radius 1 is 1.55 bits per heavy atom. The Balaban J connectivity index is 0.00000200. The van der Waals surface area contributed by atoms with E-state index >= 15 is 0 Å². The molecule has 0 aliphatic carbocycles. The molecule has 3 N–H and O–H groups in total. The molecular formula is C14H21BrClN3O. The molecule has 1 heterocycles. The number of anilines is 1. The predicted octanol–water partition coefficient (Wildman–Crippen LogP) is 2.40. The summed E-state index contributed by atoms with van der Waals surface area (Å²) >= 11 is 3.46. The van der Waals surface area contributed by atoms with Crippen LogP contribution in [-0.4, -0.2) is 37.0 Å². The highest BCUT2D eigenvalue weighted by atomic mass is 79.9. The van der Waals surface area contributed by atoms with Gasteiger partial charge in [-0.3, -0.25) is 9.69 Å². The molecule has 1 aromatic carbocycles. The summed E-state index contributed by atoms with van der Waals surface area (Å²) in [5.41, 5.74) is 7.64. The van der Waals surface area contributed by atoms with Crippen molar-refractivity contribution < 1.29 is 4.79 Å². The summed E-state index contributed by atoms with van der Waals surface area (Å²) < 4.78 is 0.919. The molecule has 0 spiro atoms. The lowest BCUT2D eigenvalue weighted by Crippen LogP contribution is -2.32. The molecule has 1 amide bonds. The number of nitrogens with two attached hydrogens (primary N) is 1. The number of amides is 1. The lowest BCUT2D eigenvalue weighted by molar-refractivity contribution is -0.117. The molecule has 0 bridgehead atoms. The maximum absolute atomic E-state index is 12.0. The van der Waals surface area contributed by atoms with Gasteiger partial charge in [-0.2, -0.15) is 0 Å². The Labute approximate surface area is 134 Å². The van der Waals surface area contributed by atoms with Gasteiger partial charge >= 0.3 is 0 Å². The molecule has 1 aromatic rings. The van der Waals surface area contributed by atoms with Crippen LogP contribution in [0.5, 0.6) is 0 Å². The number of carbonyl (C=O) groups is 1. The van der Waals surface area contributed by atoms with Gasteiger partial charge in [-0.25, -0.2) is 0 Å². The van der Waals surface area contributed by atoms with E-state index in [0.717, 1.165) is 35.2 Å². The van der Waals surface area contributed by atoms with Crippen LogP contribution in [0.25, 0.3) is 0 Å². The van der Waals surface area contributed by atoms with Crippen molar-refractivity contribution in [3.63, 3.8) is 0 Å². The molecular weight excluding hydrogens is 342 g/mol. The van der Waals surface area contributed by atoms with E-state index in [9.17, 15) is 4.79 Å². The average molecular weight is 363 g/mol. The molecule has 112 valence electrons. The van der Waals surface area contributed by atoms with Crippen molar-refractivity contribution in [1.29, 1.82) is 0 Å². The SMILES string of the molecule is Cc1ccc(NC(=O)CN2CCC(CN)C2)c(Br)c1.Cl. The van der Waals surface area contributed by atoms with Gasteiger partial charge in [0, 0.05) is 11.0 Å². The van der Waals surface area contributed by atoms with Gasteiger partial charge in [-0.1, -0.05) is 6.07 Å². The molecule has 1 aliphatic heterocycles. The first-order chi connectivity index (χ1) is 9.08. The first-order valence-electron chi connectivity index (χ1n) is 6.57. The molecule has 2 rings (SSSR count). The van der Waals surface area contributed by atoms with Gasteiger partial charge in [-0.05, 0) is 66.0 Å². The fourth-order valence-electron chi connectivity index (χ4n) is 2.36. The number of benzene rings is 1. The molecule has 0 saturated carbocycles. The third-order valence-electron chi connectivity index (χ3n) is 3.47. The second-order valence-electron chi connectivity index (χ2n) is 5.16. The summed E-state index contributed by atoms with van der Waals surface area (Å²) in [6.45, 7) is 5.06. The van der Waals surface area contributed by atoms with Crippen molar-refractivity contribution >= 4 is 39.9 Å².